The number of sulfonamides is 1. The second kappa shape index (κ2) is 9.37. The highest BCUT2D eigenvalue weighted by molar-refractivity contribution is 7.95. The number of hydrogen-bond acceptors (Lipinski definition) is 6. The Hall–Kier alpha value is -1.75. The molecule has 10 heteroatoms. The van der Waals surface area contributed by atoms with Crippen LogP contribution in [0.1, 0.15) is 65.6 Å². The molecule has 1 aromatic carbocycles. The van der Waals surface area contributed by atoms with Gasteiger partial charge in [0.25, 0.3) is 0 Å². The molecule has 1 fully saturated rings. The van der Waals surface area contributed by atoms with E-state index in [0.717, 1.165) is 29.2 Å². The summed E-state index contributed by atoms with van der Waals surface area (Å²) < 4.78 is 55.9. The summed E-state index contributed by atoms with van der Waals surface area (Å²) in [5.41, 5.74) is 1.41. The highest BCUT2D eigenvalue weighted by Gasteiger charge is 2.28. The zero-order valence-electron chi connectivity index (χ0n) is 20.2. The maximum Gasteiger partial charge on any atom is 0.250 e. The van der Waals surface area contributed by atoms with Crippen molar-refractivity contribution >= 4 is 42.2 Å². The SMILES string of the molecule is CCNS(=O)(=O)c1ccc(S(=O)(=O)c2ccc3c(c2)nc(C(C)(C)C)n3CC2CCCCC2)s1. The summed E-state index contributed by atoms with van der Waals surface area (Å²) >= 11 is 0.759. The molecule has 1 aliphatic rings. The normalized spacial score (nSPS) is 16.4. The lowest BCUT2D eigenvalue weighted by molar-refractivity contribution is 0.313. The molecule has 186 valence electrons. The van der Waals surface area contributed by atoms with Gasteiger partial charge < -0.3 is 4.57 Å². The molecular weight excluding hydrogens is 490 g/mol. The molecule has 3 aromatic rings. The van der Waals surface area contributed by atoms with Crippen LogP contribution in [0, 0.1) is 5.92 Å². The molecule has 1 N–H and O–H groups in total. The number of rotatable bonds is 7. The maximum atomic E-state index is 13.3. The summed E-state index contributed by atoms with van der Waals surface area (Å²) in [7, 11) is -7.59. The molecule has 1 saturated carbocycles. The first-order valence-electron chi connectivity index (χ1n) is 11.8. The Morgan fingerprint density at radius 1 is 1.03 bits per heavy atom. The van der Waals surface area contributed by atoms with Gasteiger partial charge in [-0.1, -0.05) is 47.0 Å². The van der Waals surface area contributed by atoms with Crippen LogP contribution in [-0.2, 0) is 31.8 Å². The van der Waals surface area contributed by atoms with Gasteiger partial charge in [-0.3, -0.25) is 0 Å². The number of benzene rings is 1. The fourth-order valence-corrected chi connectivity index (χ4v) is 8.90. The second-order valence-corrected chi connectivity index (χ2v) is 15.3. The summed E-state index contributed by atoms with van der Waals surface area (Å²) in [5, 5.41) is 0. The zero-order chi connectivity index (χ0) is 24.7. The first kappa shape index (κ1) is 25.3. The van der Waals surface area contributed by atoms with Crippen LogP contribution in [0.25, 0.3) is 11.0 Å². The van der Waals surface area contributed by atoms with E-state index in [9.17, 15) is 16.8 Å². The standard InChI is InChI=1S/C24H33N3O4S3/c1-5-25-34(30,31)22-14-13-21(32-22)33(28,29)18-11-12-20-19(15-18)26-23(24(2,3)4)27(20)16-17-9-7-6-8-10-17/h11-15,17,25H,5-10,16H2,1-4H3. The molecule has 0 atom stereocenters. The highest BCUT2D eigenvalue weighted by atomic mass is 32.3. The molecule has 2 heterocycles. The zero-order valence-corrected chi connectivity index (χ0v) is 22.6. The van der Waals surface area contributed by atoms with Gasteiger partial charge in [-0.25, -0.2) is 26.5 Å². The van der Waals surface area contributed by atoms with Crippen LogP contribution in [-0.4, -0.2) is 32.9 Å². The lowest BCUT2D eigenvalue weighted by Gasteiger charge is -2.26. The van der Waals surface area contributed by atoms with E-state index >= 15 is 0 Å². The van der Waals surface area contributed by atoms with Gasteiger partial charge in [0.15, 0.2) is 0 Å². The number of imidazole rings is 1. The minimum Gasteiger partial charge on any atom is -0.327 e. The van der Waals surface area contributed by atoms with Crippen molar-refractivity contribution in [3.05, 3.63) is 36.2 Å². The Bertz CT molecular complexity index is 1390. The molecular formula is C24H33N3O4S3. The van der Waals surface area contributed by atoms with Crippen LogP contribution in [0.5, 0.6) is 0 Å². The van der Waals surface area contributed by atoms with E-state index in [2.05, 4.69) is 30.1 Å². The molecule has 0 spiro atoms. The van der Waals surface area contributed by atoms with Crippen molar-refractivity contribution in [2.45, 2.75) is 85.1 Å². The number of hydrogen-bond donors (Lipinski definition) is 1. The fraction of sp³-hybridized carbons (Fsp3) is 0.542. The number of nitrogens with one attached hydrogen (secondary N) is 1. The van der Waals surface area contributed by atoms with Crippen LogP contribution >= 0.6 is 11.3 Å². The topological polar surface area (TPSA) is 98.1 Å². The molecule has 0 unspecified atom stereocenters. The first-order chi connectivity index (χ1) is 15.9. The third-order valence-electron chi connectivity index (χ3n) is 6.29. The number of sulfone groups is 1. The predicted octanol–water partition coefficient (Wildman–Crippen LogP) is 5.11. The molecule has 0 aliphatic heterocycles. The van der Waals surface area contributed by atoms with Crippen LogP contribution in [0.4, 0.5) is 0 Å². The van der Waals surface area contributed by atoms with Gasteiger partial charge >= 0.3 is 0 Å². The van der Waals surface area contributed by atoms with Gasteiger partial charge in [0.1, 0.15) is 14.2 Å². The van der Waals surface area contributed by atoms with Crippen molar-refractivity contribution in [1.82, 2.24) is 14.3 Å². The number of nitrogens with zero attached hydrogens (tertiary/aromatic N) is 2. The van der Waals surface area contributed by atoms with Crippen molar-refractivity contribution < 1.29 is 16.8 Å². The van der Waals surface area contributed by atoms with E-state index in [-0.39, 0.29) is 25.3 Å². The summed E-state index contributed by atoms with van der Waals surface area (Å²) in [5.74, 6) is 1.57. The van der Waals surface area contributed by atoms with Crippen molar-refractivity contribution in [2.75, 3.05) is 6.54 Å². The quantitative estimate of drug-likeness (QED) is 0.464. The number of thiophene rings is 1. The summed E-state index contributed by atoms with van der Waals surface area (Å²) in [6.45, 7) is 9.19. The molecule has 7 nitrogen and oxygen atoms in total. The van der Waals surface area contributed by atoms with Gasteiger partial charge in [0, 0.05) is 18.5 Å². The summed E-state index contributed by atoms with van der Waals surface area (Å²) in [6, 6.07) is 7.77. The maximum absolute atomic E-state index is 13.3. The predicted molar refractivity (Wildman–Crippen MR) is 136 cm³/mol. The lowest BCUT2D eigenvalue weighted by Crippen LogP contribution is -2.22. The van der Waals surface area contributed by atoms with Gasteiger partial charge in [0.2, 0.25) is 19.9 Å². The number of fused-ring (bicyclic) bond motifs is 1. The van der Waals surface area contributed by atoms with Gasteiger partial charge in [-0.2, -0.15) is 0 Å². The summed E-state index contributed by atoms with van der Waals surface area (Å²) in [4.78, 5) is 5.00. The molecule has 34 heavy (non-hydrogen) atoms. The van der Waals surface area contributed by atoms with Crippen molar-refractivity contribution in [3.8, 4) is 0 Å². The molecule has 2 aromatic heterocycles. The Morgan fingerprint density at radius 3 is 2.35 bits per heavy atom. The fourth-order valence-electron chi connectivity index (χ4n) is 4.63. The van der Waals surface area contributed by atoms with Gasteiger partial charge in [0.05, 0.1) is 15.9 Å². The highest BCUT2D eigenvalue weighted by Crippen LogP contribution is 2.34. The van der Waals surface area contributed by atoms with E-state index in [4.69, 9.17) is 4.98 Å². The van der Waals surface area contributed by atoms with Crippen molar-refractivity contribution in [1.29, 1.82) is 0 Å². The Morgan fingerprint density at radius 2 is 1.71 bits per heavy atom. The van der Waals surface area contributed by atoms with Crippen LogP contribution in [0.3, 0.4) is 0 Å². The van der Waals surface area contributed by atoms with Gasteiger partial charge in [-0.05, 0) is 49.1 Å². The third-order valence-corrected chi connectivity index (χ3v) is 11.7. The first-order valence-corrected chi connectivity index (χ1v) is 15.6. The summed E-state index contributed by atoms with van der Waals surface area (Å²) in [6.07, 6.45) is 6.25. The van der Waals surface area contributed by atoms with E-state index in [1.807, 2.05) is 6.07 Å². The smallest absolute Gasteiger partial charge is 0.250 e. The van der Waals surface area contributed by atoms with Crippen LogP contribution < -0.4 is 4.72 Å². The lowest BCUT2D eigenvalue weighted by atomic mass is 9.88. The molecule has 4 rings (SSSR count). The monoisotopic (exact) mass is 523 g/mol. The van der Waals surface area contributed by atoms with Crippen LogP contribution in [0.2, 0.25) is 0 Å². The molecule has 1 aliphatic carbocycles. The van der Waals surface area contributed by atoms with Crippen molar-refractivity contribution in [3.63, 3.8) is 0 Å². The minimum absolute atomic E-state index is 0.000936. The molecule has 0 amide bonds. The minimum atomic E-state index is -3.87. The van der Waals surface area contributed by atoms with E-state index in [1.165, 1.54) is 44.2 Å². The molecule has 0 saturated heterocycles. The largest absolute Gasteiger partial charge is 0.327 e. The van der Waals surface area contributed by atoms with Gasteiger partial charge in [-0.15, -0.1) is 11.3 Å². The average Bonchev–Trinajstić information content (AvgIpc) is 3.41. The van der Waals surface area contributed by atoms with E-state index in [0.29, 0.717) is 11.4 Å². The Kier molecular flexibility index (Phi) is 6.98. The van der Waals surface area contributed by atoms with E-state index < -0.39 is 19.9 Å². The van der Waals surface area contributed by atoms with E-state index in [1.54, 1.807) is 19.1 Å². The number of aromatic nitrogens is 2. The Labute approximate surface area is 206 Å². The van der Waals surface area contributed by atoms with Crippen molar-refractivity contribution in [2.24, 2.45) is 5.92 Å². The second-order valence-electron chi connectivity index (χ2n) is 10.0. The molecule has 0 bridgehead atoms. The third kappa shape index (κ3) is 4.96. The average molecular weight is 524 g/mol. The molecule has 0 radical (unpaired) electrons. The Balaban J connectivity index is 1.74. The van der Waals surface area contributed by atoms with Crippen LogP contribution in [0.15, 0.2) is 43.6 Å².